The van der Waals surface area contributed by atoms with Crippen LogP contribution < -0.4 is 0 Å². The molecule has 0 amide bonds. The minimum Gasteiger partial charge on any atom is -0.123 e. The van der Waals surface area contributed by atoms with Crippen LogP contribution in [0.1, 0.15) is 51.5 Å². The summed E-state index contributed by atoms with van der Waals surface area (Å²) in [6.45, 7) is 4.55. The summed E-state index contributed by atoms with van der Waals surface area (Å²) in [4.78, 5) is 1.46. The molecule has 1 aliphatic carbocycles. The van der Waals surface area contributed by atoms with Crippen molar-refractivity contribution >= 4 is 11.8 Å². The third kappa shape index (κ3) is 3.77. The van der Waals surface area contributed by atoms with Crippen LogP contribution >= 0.6 is 11.8 Å². The Bertz CT molecular complexity index is 320. The standard InChI is InChI=1S/C16H24S/c1-3-13-5-9-15(10-6-13)17-16-11-7-14(4-2)8-12-16/h5-6,9-10,14,16H,3-4,7-8,11-12H2,1-2H3. The zero-order chi connectivity index (χ0) is 12.1. The van der Waals surface area contributed by atoms with Gasteiger partial charge in [-0.05, 0) is 55.7 Å². The lowest BCUT2D eigenvalue weighted by atomic mass is 9.87. The van der Waals surface area contributed by atoms with E-state index < -0.39 is 0 Å². The molecular formula is C16H24S. The van der Waals surface area contributed by atoms with E-state index in [0.29, 0.717) is 0 Å². The van der Waals surface area contributed by atoms with E-state index in [1.807, 2.05) is 0 Å². The predicted octanol–water partition coefficient (Wildman–Crippen LogP) is 5.31. The Labute approximate surface area is 110 Å². The summed E-state index contributed by atoms with van der Waals surface area (Å²) >= 11 is 2.10. The maximum atomic E-state index is 2.33. The van der Waals surface area contributed by atoms with E-state index in [1.165, 1.54) is 42.6 Å². The molecule has 1 saturated carbocycles. The van der Waals surface area contributed by atoms with E-state index in [0.717, 1.165) is 17.6 Å². The summed E-state index contributed by atoms with van der Waals surface area (Å²) in [6.07, 6.45) is 8.25. The monoisotopic (exact) mass is 248 g/mol. The highest BCUT2D eigenvalue weighted by atomic mass is 32.2. The van der Waals surface area contributed by atoms with Crippen LogP contribution in [-0.4, -0.2) is 5.25 Å². The molecule has 1 aromatic rings. The van der Waals surface area contributed by atoms with Gasteiger partial charge in [-0.3, -0.25) is 0 Å². The van der Waals surface area contributed by atoms with Gasteiger partial charge in [0, 0.05) is 10.1 Å². The lowest BCUT2D eigenvalue weighted by Gasteiger charge is -2.27. The number of benzene rings is 1. The Kier molecular flexibility index (Phi) is 4.97. The molecule has 2 rings (SSSR count). The zero-order valence-corrected chi connectivity index (χ0v) is 11.9. The average molecular weight is 248 g/mol. The van der Waals surface area contributed by atoms with Crippen molar-refractivity contribution < 1.29 is 0 Å². The van der Waals surface area contributed by atoms with Crippen molar-refractivity contribution in [2.45, 2.75) is 62.5 Å². The Morgan fingerprint density at radius 3 is 2.18 bits per heavy atom. The second-order valence-electron chi connectivity index (χ2n) is 5.17. The molecule has 1 fully saturated rings. The van der Waals surface area contributed by atoms with Crippen molar-refractivity contribution in [3.63, 3.8) is 0 Å². The predicted molar refractivity (Wildman–Crippen MR) is 77.7 cm³/mol. The molecule has 0 heterocycles. The fourth-order valence-electron chi connectivity index (χ4n) is 2.65. The molecule has 1 aromatic carbocycles. The van der Waals surface area contributed by atoms with Gasteiger partial charge in [0.15, 0.2) is 0 Å². The van der Waals surface area contributed by atoms with Gasteiger partial charge in [-0.2, -0.15) is 0 Å². The molecule has 0 radical (unpaired) electrons. The van der Waals surface area contributed by atoms with Crippen LogP contribution in [0.2, 0.25) is 0 Å². The zero-order valence-electron chi connectivity index (χ0n) is 11.1. The van der Waals surface area contributed by atoms with Gasteiger partial charge in [0.25, 0.3) is 0 Å². The molecule has 0 aromatic heterocycles. The second kappa shape index (κ2) is 6.49. The molecule has 0 spiro atoms. The van der Waals surface area contributed by atoms with Crippen LogP contribution in [0.4, 0.5) is 0 Å². The van der Waals surface area contributed by atoms with Crippen molar-refractivity contribution in [3.05, 3.63) is 29.8 Å². The largest absolute Gasteiger partial charge is 0.123 e. The second-order valence-corrected chi connectivity index (χ2v) is 6.54. The molecule has 94 valence electrons. The Hall–Kier alpha value is -0.430. The van der Waals surface area contributed by atoms with Crippen LogP contribution in [-0.2, 0) is 6.42 Å². The van der Waals surface area contributed by atoms with Crippen molar-refractivity contribution in [2.24, 2.45) is 5.92 Å². The quantitative estimate of drug-likeness (QED) is 0.696. The maximum Gasteiger partial charge on any atom is 0.00946 e. The molecule has 1 heteroatoms. The van der Waals surface area contributed by atoms with Crippen LogP contribution in [0.5, 0.6) is 0 Å². The van der Waals surface area contributed by atoms with Crippen molar-refractivity contribution in [2.75, 3.05) is 0 Å². The number of hydrogen-bond donors (Lipinski definition) is 0. The SMILES string of the molecule is CCc1ccc(SC2CCC(CC)CC2)cc1. The van der Waals surface area contributed by atoms with Gasteiger partial charge in [0.05, 0.1) is 0 Å². The number of thioether (sulfide) groups is 1. The summed E-state index contributed by atoms with van der Waals surface area (Å²) in [6, 6.07) is 9.16. The fraction of sp³-hybridized carbons (Fsp3) is 0.625. The summed E-state index contributed by atoms with van der Waals surface area (Å²) in [5, 5.41) is 0.866. The molecule has 0 aliphatic heterocycles. The lowest BCUT2D eigenvalue weighted by molar-refractivity contribution is 0.356. The first-order valence-electron chi connectivity index (χ1n) is 7.07. The maximum absolute atomic E-state index is 2.33. The van der Waals surface area contributed by atoms with E-state index in [2.05, 4.69) is 49.9 Å². The van der Waals surface area contributed by atoms with Crippen molar-refractivity contribution in [1.29, 1.82) is 0 Å². The van der Waals surface area contributed by atoms with E-state index in [9.17, 15) is 0 Å². The third-order valence-corrected chi connectivity index (χ3v) is 5.35. The molecule has 0 atom stereocenters. The van der Waals surface area contributed by atoms with Gasteiger partial charge in [-0.15, -0.1) is 11.8 Å². The van der Waals surface area contributed by atoms with Gasteiger partial charge in [0.2, 0.25) is 0 Å². The molecule has 17 heavy (non-hydrogen) atoms. The molecule has 0 unspecified atom stereocenters. The fourth-order valence-corrected chi connectivity index (χ4v) is 3.84. The molecule has 0 bridgehead atoms. The van der Waals surface area contributed by atoms with E-state index >= 15 is 0 Å². The first kappa shape index (κ1) is 13.0. The van der Waals surface area contributed by atoms with Gasteiger partial charge in [-0.1, -0.05) is 32.4 Å². The van der Waals surface area contributed by atoms with Gasteiger partial charge in [0.1, 0.15) is 0 Å². The number of hydrogen-bond acceptors (Lipinski definition) is 1. The van der Waals surface area contributed by atoms with Crippen LogP contribution in [0.3, 0.4) is 0 Å². The summed E-state index contributed by atoms with van der Waals surface area (Å²) in [7, 11) is 0. The smallest absolute Gasteiger partial charge is 0.00946 e. The minimum atomic E-state index is 0.866. The lowest BCUT2D eigenvalue weighted by Crippen LogP contribution is -2.15. The van der Waals surface area contributed by atoms with Crippen LogP contribution in [0.25, 0.3) is 0 Å². The molecule has 1 aliphatic rings. The summed E-state index contributed by atoms with van der Waals surface area (Å²) in [5.41, 5.74) is 1.45. The van der Waals surface area contributed by atoms with Crippen molar-refractivity contribution in [1.82, 2.24) is 0 Å². The Morgan fingerprint density at radius 1 is 1.00 bits per heavy atom. The molecule has 0 N–H and O–H groups in total. The van der Waals surface area contributed by atoms with Crippen molar-refractivity contribution in [3.8, 4) is 0 Å². The summed E-state index contributed by atoms with van der Waals surface area (Å²) in [5.74, 6) is 1.01. The first-order chi connectivity index (χ1) is 8.31. The van der Waals surface area contributed by atoms with Crippen LogP contribution in [0, 0.1) is 5.92 Å². The Morgan fingerprint density at radius 2 is 1.65 bits per heavy atom. The van der Waals surface area contributed by atoms with Gasteiger partial charge < -0.3 is 0 Å². The highest BCUT2D eigenvalue weighted by Gasteiger charge is 2.20. The van der Waals surface area contributed by atoms with Crippen LogP contribution in [0.15, 0.2) is 29.2 Å². The third-order valence-electron chi connectivity index (χ3n) is 4.01. The number of rotatable bonds is 4. The molecule has 0 nitrogen and oxygen atoms in total. The number of aryl methyl sites for hydroxylation is 1. The topological polar surface area (TPSA) is 0 Å². The highest BCUT2D eigenvalue weighted by Crippen LogP contribution is 2.36. The molecule has 0 saturated heterocycles. The minimum absolute atomic E-state index is 0.866. The normalized spacial score (nSPS) is 24.8. The van der Waals surface area contributed by atoms with Gasteiger partial charge in [-0.25, -0.2) is 0 Å². The van der Waals surface area contributed by atoms with E-state index in [4.69, 9.17) is 0 Å². The molecular weight excluding hydrogens is 224 g/mol. The highest BCUT2D eigenvalue weighted by molar-refractivity contribution is 8.00. The summed E-state index contributed by atoms with van der Waals surface area (Å²) < 4.78 is 0. The van der Waals surface area contributed by atoms with E-state index in [1.54, 1.807) is 0 Å². The van der Waals surface area contributed by atoms with E-state index in [-0.39, 0.29) is 0 Å². The first-order valence-corrected chi connectivity index (χ1v) is 7.95. The Balaban J connectivity index is 1.84. The van der Waals surface area contributed by atoms with Gasteiger partial charge >= 0.3 is 0 Å². The average Bonchev–Trinajstić information content (AvgIpc) is 2.40.